The highest BCUT2D eigenvalue weighted by Gasteiger charge is 2.22. The van der Waals surface area contributed by atoms with Gasteiger partial charge >= 0.3 is 5.97 Å². The van der Waals surface area contributed by atoms with Crippen molar-refractivity contribution in [3.63, 3.8) is 0 Å². The number of hydrogen-bond acceptors (Lipinski definition) is 7. The third-order valence-corrected chi connectivity index (χ3v) is 4.10. The van der Waals surface area contributed by atoms with E-state index in [4.69, 9.17) is 4.42 Å². The molecule has 3 aromatic rings. The molecule has 1 heterocycles. The molecule has 1 amide bonds. The largest absolute Gasteiger partial charge is 0.465 e. The van der Waals surface area contributed by atoms with Crippen LogP contribution in [0.1, 0.15) is 47.4 Å². The predicted octanol–water partition coefficient (Wildman–Crippen LogP) is 4.07. The molecule has 150 valence electrons. The summed E-state index contributed by atoms with van der Waals surface area (Å²) in [4.78, 5) is 39.3. The number of esters is 1. The highest BCUT2D eigenvalue weighted by molar-refractivity contribution is 6.06. The average molecular weight is 397 g/mol. The molecule has 0 unspecified atom stereocenters. The molecule has 0 aliphatic heterocycles. The van der Waals surface area contributed by atoms with Crippen LogP contribution >= 0.6 is 0 Å². The Hall–Kier alpha value is -3.75. The third-order valence-electron chi connectivity index (χ3n) is 4.10. The Bertz CT molecular complexity index is 1130. The number of fused-ring (bicyclic) bond motifs is 1. The van der Waals surface area contributed by atoms with Gasteiger partial charge in [0.1, 0.15) is 5.52 Å². The molecule has 0 aliphatic carbocycles. The number of nitro groups is 1. The van der Waals surface area contributed by atoms with Gasteiger partial charge in [-0.25, -0.2) is 9.78 Å². The molecule has 0 bridgehead atoms. The van der Waals surface area contributed by atoms with Gasteiger partial charge in [0.05, 0.1) is 17.6 Å². The van der Waals surface area contributed by atoms with E-state index in [1.807, 2.05) is 20.8 Å². The summed E-state index contributed by atoms with van der Waals surface area (Å²) < 4.78 is 10.3. The summed E-state index contributed by atoms with van der Waals surface area (Å²) in [5.41, 5.74) is 0.791. The number of nitrogens with zero attached hydrogens (tertiary/aromatic N) is 2. The molecule has 0 aliphatic rings. The van der Waals surface area contributed by atoms with Crippen LogP contribution in [0.15, 0.2) is 40.8 Å². The van der Waals surface area contributed by atoms with Gasteiger partial charge in [0.15, 0.2) is 5.58 Å². The Labute approximate surface area is 165 Å². The van der Waals surface area contributed by atoms with Crippen LogP contribution in [0.2, 0.25) is 0 Å². The average Bonchev–Trinajstić information content (AvgIpc) is 3.10. The molecule has 1 N–H and O–H groups in total. The van der Waals surface area contributed by atoms with E-state index in [-0.39, 0.29) is 22.2 Å². The molecule has 0 radical (unpaired) electrons. The molecule has 2 aromatic carbocycles. The van der Waals surface area contributed by atoms with Crippen molar-refractivity contribution < 1.29 is 23.7 Å². The summed E-state index contributed by atoms with van der Waals surface area (Å²) in [6.45, 7) is 5.92. The van der Waals surface area contributed by atoms with Crippen LogP contribution in [-0.4, -0.2) is 28.9 Å². The van der Waals surface area contributed by atoms with Gasteiger partial charge in [0, 0.05) is 28.8 Å². The van der Waals surface area contributed by atoms with Crippen molar-refractivity contribution >= 4 is 34.4 Å². The lowest BCUT2D eigenvalue weighted by molar-refractivity contribution is -0.384. The number of non-ortho nitro benzene ring substituents is 1. The maximum atomic E-state index is 12.6. The number of nitro benzene ring substituents is 1. The van der Waals surface area contributed by atoms with Crippen LogP contribution in [-0.2, 0) is 10.2 Å². The lowest BCUT2D eigenvalue weighted by Crippen LogP contribution is -2.14. The number of rotatable bonds is 4. The number of aromatic nitrogens is 1. The van der Waals surface area contributed by atoms with Gasteiger partial charge in [-0.3, -0.25) is 14.9 Å². The molecule has 9 nitrogen and oxygen atoms in total. The van der Waals surface area contributed by atoms with Gasteiger partial charge in [0.2, 0.25) is 5.89 Å². The minimum Gasteiger partial charge on any atom is -0.465 e. The van der Waals surface area contributed by atoms with E-state index >= 15 is 0 Å². The quantitative estimate of drug-likeness (QED) is 0.399. The predicted molar refractivity (Wildman–Crippen MR) is 105 cm³/mol. The molecule has 29 heavy (non-hydrogen) atoms. The minimum atomic E-state index is -0.776. The first-order chi connectivity index (χ1) is 13.6. The highest BCUT2D eigenvalue weighted by atomic mass is 16.6. The first kappa shape index (κ1) is 20.0. The number of anilines is 1. The molecule has 3 rings (SSSR count). The van der Waals surface area contributed by atoms with Crippen LogP contribution in [0.5, 0.6) is 0 Å². The Morgan fingerprint density at radius 2 is 1.83 bits per heavy atom. The van der Waals surface area contributed by atoms with Crippen molar-refractivity contribution in [1.82, 2.24) is 4.98 Å². The minimum absolute atomic E-state index is 0.0461. The summed E-state index contributed by atoms with van der Waals surface area (Å²) in [7, 11) is 1.15. The molecule has 0 spiro atoms. The molecule has 0 atom stereocenters. The van der Waals surface area contributed by atoms with Crippen LogP contribution < -0.4 is 5.32 Å². The zero-order chi connectivity index (χ0) is 21.3. The van der Waals surface area contributed by atoms with E-state index < -0.39 is 16.8 Å². The molecule has 1 aromatic heterocycles. The summed E-state index contributed by atoms with van der Waals surface area (Å²) in [6, 6.07) is 8.34. The highest BCUT2D eigenvalue weighted by Crippen LogP contribution is 2.27. The van der Waals surface area contributed by atoms with Gasteiger partial charge in [-0.2, -0.15) is 0 Å². The van der Waals surface area contributed by atoms with Crippen molar-refractivity contribution in [1.29, 1.82) is 0 Å². The Balaban J connectivity index is 1.92. The van der Waals surface area contributed by atoms with Crippen molar-refractivity contribution in [3.05, 3.63) is 63.5 Å². The number of oxazole rings is 1. The zero-order valence-electron chi connectivity index (χ0n) is 16.3. The summed E-state index contributed by atoms with van der Waals surface area (Å²) in [5, 5.41) is 13.8. The Morgan fingerprint density at radius 3 is 2.45 bits per heavy atom. The fourth-order valence-electron chi connectivity index (χ4n) is 2.61. The normalized spacial score (nSPS) is 11.3. The number of benzene rings is 2. The van der Waals surface area contributed by atoms with Crippen LogP contribution in [0.25, 0.3) is 11.1 Å². The van der Waals surface area contributed by atoms with Crippen molar-refractivity contribution in [2.45, 2.75) is 26.2 Å². The second-order valence-electron chi connectivity index (χ2n) is 7.42. The van der Waals surface area contributed by atoms with Gasteiger partial charge in [-0.1, -0.05) is 20.8 Å². The monoisotopic (exact) mass is 397 g/mol. The van der Waals surface area contributed by atoms with Gasteiger partial charge in [-0.05, 0) is 24.3 Å². The first-order valence-electron chi connectivity index (χ1n) is 8.68. The number of carbonyl (C=O) groups is 2. The number of methoxy groups -OCH3 is 1. The van der Waals surface area contributed by atoms with E-state index in [1.165, 1.54) is 6.07 Å². The van der Waals surface area contributed by atoms with E-state index in [2.05, 4.69) is 15.0 Å². The van der Waals surface area contributed by atoms with E-state index in [9.17, 15) is 19.7 Å². The molecular weight excluding hydrogens is 378 g/mol. The Kier molecular flexibility index (Phi) is 5.06. The van der Waals surface area contributed by atoms with Crippen LogP contribution in [0.4, 0.5) is 11.4 Å². The van der Waals surface area contributed by atoms with Gasteiger partial charge in [-0.15, -0.1) is 0 Å². The number of nitrogens with one attached hydrogen (secondary N) is 1. The first-order valence-corrected chi connectivity index (χ1v) is 8.68. The second-order valence-corrected chi connectivity index (χ2v) is 7.42. The fraction of sp³-hybridized carbons (Fsp3) is 0.250. The van der Waals surface area contributed by atoms with Crippen LogP contribution in [0.3, 0.4) is 0 Å². The summed E-state index contributed by atoms with van der Waals surface area (Å²) in [6.07, 6.45) is 0. The zero-order valence-corrected chi connectivity index (χ0v) is 16.3. The van der Waals surface area contributed by atoms with Crippen molar-refractivity contribution in [3.8, 4) is 0 Å². The molecule has 0 fully saturated rings. The second kappa shape index (κ2) is 7.34. The topological polar surface area (TPSA) is 125 Å². The van der Waals surface area contributed by atoms with E-state index in [1.54, 1.807) is 18.2 Å². The number of amides is 1. The Morgan fingerprint density at radius 1 is 1.14 bits per heavy atom. The number of carbonyl (C=O) groups excluding carboxylic acids is 2. The maximum Gasteiger partial charge on any atom is 0.338 e. The number of ether oxygens (including phenoxy) is 1. The lowest BCUT2D eigenvalue weighted by Gasteiger charge is -2.11. The molecular formula is C20H19N3O6. The van der Waals surface area contributed by atoms with Crippen molar-refractivity contribution in [2.75, 3.05) is 12.4 Å². The smallest absolute Gasteiger partial charge is 0.338 e. The van der Waals surface area contributed by atoms with Crippen LogP contribution in [0, 0.1) is 10.1 Å². The van der Waals surface area contributed by atoms with Crippen molar-refractivity contribution in [2.24, 2.45) is 0 Å². The standard InChI is InChI=1S/C20H19N3O6/c1-20(2,3)19-22-15-10-13(5-6-16(15)29-19)21-17(24)11-7-12(18(25)28-4)9-14(8-11)23(26)27/h5-10H,1-4H3,(H,21,24). The van der Waals surface area contributed by atoms with Gasteiger partial charge < -0.3 is 14.5 Å². The molecule has 9 heteroatoms. The third kappa shape index (κ3) is 4.23. The molecule has 0 saturated heterocycles. The molecule has 0 saturated carbocycles. The SMILES string of the molecule is COC(=O)c1cc(C(=O)Nc2ccc3oc(C(C)(C)C)nc3c2)cc([N+](=O)[O-])c1. The van der Waals surface area contributed by atoms with E-state index in [0.29, 0.717) is 22.7 Å². The fourth-order valence-corrected chi connectivity index (χ4v) is 2.61. The summed E-state index contributed by atoms with van der Waals surface area (Å²) >= 11 is 0. The van der Waals surface area contributed by atoms with Gasteiger partial charge in [0.25, 0.3) is 11.6 Å². The summed E-state index contributed by atoms with van der Waals surface area (Å²) in [5.74, 6) is -0.823. The maximum absolute atomic E-state index is 12.6. The van der Waals surface area contributed by atoms with E-state index in [0.717, 1.165) is 19.2 Å². The lowest BCUT2D eigenvalue weighted by atomic mass is 9.97. The number of hydrogen-bond donors (Lipinski definition) is 1.